The van der Waals surface area contributed by atoms with Crippen molar-refractivity contribution in [1.82, 2.24) is 9.97 Å². The summed E-state index contributed by atoms with van der Waals surface area (Å²) in [6.07, 6.45) is 2.22. The number of esters is 1. The van der Waals surface area contributed by atoms with Crippen molar-refractivity contribution in [1.29, 1.82) is 0 Å². The quantitative estimate of drug-likeness (QED) is 0.260. The van der Waals surface area contributed by atoms with Gasteiger partial charge in [-0.2, -0.15) is 0 Å². The van der Waals surface area contributed by atoms with Crippen molar-refractivity contribution < 1.29 is 17.9 Å². The third-order valence-electron chi connectivity index (χ3n) is 3.68. The van der Waals surface area contributed by atoms with E-state index in [4.69, 9.17) is 4.74 Å². The number of sulfone groups is 1. The minimum absolute atomic E-state index is 0.113. The van der Waals surface area contributed by atoms with E-state index >= 15 is 0 Å². The zero-order chi connectivity index (χ0) is 19.4. The van der Waals surface area contributed by atoms with Gasteiger partial charge in [0.05, 0.1) is 0 Å². The molecule has 0 amide bonds. The zero-order valence-electron chi connectivity index (χ0n) is 15.5. The number of aromatic nitrogens is 2. The number of carbonyl (C=O) groups is 1. The summed E-state index contributed by atoms with van der Waals surface area (Å²) < 4.78 is 29.9. The molecule has 0 atom stereocenters. The molecule has 0 fully saturated rings. The molecule has 2 rings (SSSR count). The molecule has 0 aliphatic carbocycles. The maximum atomic E-state index is 11.9. The molecule has 140 valence electrons. The van der Waals surface area contributed by atoms with Crippen LogP contribution in [0.15, 0.2) is 41.6 Å². The number of nitrogens with zero attached hydrogens (tertiary/aromatic N) is 2. The van der Waals surface area contributed by atoms with Crippen LogP contribution in [0.5, 0.6) is 0 Å². The molecule has 0 N–H and O–H groups in total. The molecular formula is C18H24N2O4SSn. The molecule has 0 saturated heterocycles. The number of ether oxygens (including phenoxy) is 1. The average molecular weight is 483 g/mol. The fourth-order valence-electron chi connectivity index (χ4n) is 2.23. The number of hydrogen-bond acceptors (Lipinski definition) is 6. The Bertz CT molecular complexity index is 878. The van der Waals surface area contributed by atoms with Gasteiger partial charge in [-0.05, 0) is 0 Å². The van der Waals surface area contributed by atoms with E-state index in [9.17, 15) is 13.2 Å². The predicted octanol–water partition coefficient (Wildman–Crippen LogP) is 2.21. The normalized spacial score (nSPS) is 12.0. The summed E-state index contributed by atoms with van der Waals surface area (Å²) in [4.78, 5) is 26.9. The van der Waals surface area contributed by atoms with Crippen molar-refractivity contribution in [2.75, 3.05) is 12.9 Å². The van der Waals surface area contributed by atoms with Crippen LogP contribution in [0, 0.1) is 0 Å². The second-order valence-electron chi connectivity index (χ2n) is 7.15. The summed E-state index contributed by atoms with van der Waals surface area (Å²) in [7, 11) is -3.46. The van der Waals surface area contributed by atoms with Gasteiger partial charge < -0.3 is 0 Å². The van der Waals surface area contributed by atoms with Crippen molar-refractivity contribution in [2.45, 2.75) is 32.8 Å². The van der Waals surface area contributed by atoms with Crippen molar-refractivity contribution in [3.05, 3.63) is 47.7 Å². The van der Waals surface area contributed by atoms with Gasteiger partial charge in [0.15, 0.2) is 0 Å². The van der Waals surface area contributed by atoms with E-state index in [0.717, 1.165) is 9.97 Å². The van der Waals surface area contributed by atoms with Gasteiger partial charge in [-0.1, -0.05) is 0 Å². The number of benzene rings is 1. The van der Waals surface area contributed by atoms with Crippen LogP contribution < -0.4 is 3.71 Å². The predicted molar refractivity (Wildman–Crippen MR) is 103 cm³/mol. The van der Waals surface area contributed by atoms with Crippen LogP contribution in [0.3, 0.4) is 0 Å². The third kappa shape index (κ3) is 6.05. The fraction of sp³-hybridized carbons (Fsp3) is 0.389. The summed E-state index contributed by atoms with van der Waals surface area (Å²) in [6.45, 7) is 0.250. The van der Waals surface area contributed by atoms with Crippen molar-refractivity contribution in [3.8, 4) is 0 Å². The Kier molecular flexibility index (Phi) is 6.79. The Morgan fingerprint density at radius 2 is 1.77 bits per heavy atom. The number of hydrogen-bond donors (Lipinski definition) is 0. The van der Waals surface area contributed by atoms with Gasteiger partial charge in [-0.15, -0.1) is 0 Å². The number of carbonyl (C=O) groups excluding carboxylic acids is 1. The summed E-state index contributed by atoms with van der Waals surface area (Å²) in [5, 5.41) is -0.113. The molecule has 26 heavy (non-hydrogen) atoms. The Balaban J connectivity index is 2.04. The molecule has 8 heteroatoms. The summed E-state index contributed by atoms with van der Waals surface area (Å²) in [6, 6.07) is 10.7. The summed E-state index contributed by atoms with van der Waals surface area (Å²) >= 11 is -2.55. The van der Waals surface area contributed by atoms with Gasteiger partial charge >= 0.3 is 159 Å². The van der Waals surface area contributed by atoms with E-state index in [0.29, 0.717) is 24.1 Å². The van der Waals surface area contributed by atoms with Crippen LogP contribution in [-0.4, -0.2) is 55.6 Å². The fourth-order valence-corrected chi connectivity index (χ4v) is 5.98. The van der Waals surface area contributed by atoms with E-state index in [-0.39, 0.29) is 17.7 Å². The third-order valence-corrected chi connectivity index (χ3v) is 9.64. The van der Waals surface area contributed by atoms with Gasteiger partial charge in [-0.3, -0.25) is 0 Å². The monoisotopic (exact) mass is 484 g/mol. The van der Waals surface area contributed by atoms with Crippen LogP contribution in [-0.2, 0) is 21.0 Å². The van der Waals surface area contributed by atoms with Crippen molar-refractivity contribution in [2.24, 2.45) is 0 Å². The van der Waals surface area contributed by atoms with Crippen molar-refractivity contribution in [3.63, 3.8) is 0 Å². The van der Waals surface area contributed by atoms with E-state index < -0.39 is 28.2 Å². The first-order valence-corrected chi connectivity index (χ1v) is 20.3. The van der Waals surface area contributed by atoms with E-state index in [1.165, 1.54) is 0 Å². The molecule has 0 spiro atoms. The molecule has 1 aromatic carbocycles. The molecule has 0 radical (unpaired) electrons. The molecular weight excluding hydrogens is 459 g/mol. The van der Waals surface area contributed by atoms with Gasteiger partial charge in [0, 0.05) is 0 Å². The Morgan fingerprint density at radius 3 is 2.35 bits per heavy atom. The molecule has 0 aliphatic heterocycles. The Labute approximate surface area is 158 Å². The van der Waals surface area contributed by atoms with Crippen LogP contribution in [0.2, 0.25) is 14.8 Å². The molecule has 1 aromatic heterocycles. The second kappa shape index (κ2) is 8.47. The first-order chi connectivity index (χ1) is 12.1. The van der Waals surface area contributed by atoms with E-state index in [1.54, 1.807) is 24.3 Å². The standard InChI is InChI=1S/C15H15N2O4S.3CH3.Sn/c1-22(19,20)15-16-10-9-13(17-15)8-5-11-21-14(18)12-6-3-2-4-7-12;;;;/h2-4,6-7,9H,5,8,11H2,1H3;3*1H3;. The first-order valence-electron chi connectivity index (χ1n) is 8.38. The molecule has 2 aromatic rings. The topological polar surface area (TPSA) is 86.2 Å². The molecule has 0 bridgehead atoms. The minimum atomic E-state index is -3.46. The van der Waals surface area contributed by atoms with Crippen LogP contribution in [0.25, 0.3) is 0 Å². The number of aryl methyl sites for hydroxylation is 1. The maximum absolute atomic E-state index is 11.9. The zero-order valence-corrected chi connectivity index (χ0v) is 19.2. The Morgan fingerprint density at radius 1 is 1.12 bits per heavy atom. The first kappa shape index (κ1) is 20.8. The Hall–Kier alpha value is -1.48. The summed E-state index contributed by atoms with van der Waals surface area (Å²) in [5.41, 5.74) is 1.19. The van der Waals surface area contributed by atoms with E-state index in [2.05, 4.69) is 24.8 Å². The van der Waals surface area contributed by atoms with Crippen LogP contribution >= 0.6 is 0 Å². The van der Waals surface area contributed by atoms with Gasteiger partial charge in [0.1, 0.15) is 0 Å². The van der Waals surface area contributed by atoms with Gasteiger partial charge in [-0.25, -0.2) is 0 Å². The van der Waals surface area contributed by atoms with Crippen LogP contribution in [0.4, 0.5) is 0 Å². The molecule has 0 saturated carbocycles. The van der Waals surface area contributed by atoms with E-state index in [1.807, 2.05) is 12.1 Å². The van der Waals surface area contributed by atoms with Gasteiger partial charge in [0.2, 0.25) is 0 Å². The molecule has 1 heterocycles. The SMILES string of the molecule is CS(=O)(=O)c1nc(CCCOC(=O)c2ccccc2)c[c]([Sn]([CH3])([CH3])[CH3])n1. The van der Waals surface area contributed by atoms with Crippen LogP contribution in [0.1, 0.15) is 22.5 Å². The summed E-state index contributed by atoms with van der Waals surface area (Å²) in [5.74, 6) is -0.364. The number of rotatable bonds is 7. The van der Waals surface area contributed by atoms with Crippen molar-refractivity contribution >= 4 is 37.9 Å². The average Bonchev–Trinajstić information content (AvgIpc) is 2.57. The van der Waals surface area contributed by atoms with Gasteiger partial charge in [0.25, 0.3) is 0 Å². The molecule has 6 nitrogen and oxygen atoms in total. The second-order valence-corrected chi connectivity index (χ2v) is 23.4. The molecule has 0 aliphatic rings. The molecule has 0 unspecified atom stereocenters.